The number of para-hydroxylation sites is 1. The van der Waals surface area contributed by atoms with Crippen molar-refractivity contribution in [2.75, 3.05) is 0 Å². The minimum Gasteiger partial charge on any atom is -0.283 e. The second kappa shape index (κ2) is 5.72. The van der Waals surface area contributed by atoms with Gasteiger partial charge >= 0.3 is 0 Å². The average Bonchev–Trinajstić information content (AvgIpc) is 2.43. The van der Waals surface area contributed by atoms with Crippen molar-refractivity contribution in [1.29, 1.82) is 5.26 Å². The zero-order chi connectivity index (χ0) is 13.8. The first-order valence-corrected chi connectivity index (χ1v) is 6.72. The van der Waals surface area contributed by atoms with Crippen molar-refractivity contribution in [2.24, 2.45) is 0 Å². The first-order chi connectivity index (χ1) is 9.17. The second-order valence-corrected chi connectivity index (χ2v) is 5.31. The van der Waals surface area contributed by atoms with Gasteiger partial charge in [-0.3, -0.25) is 9.36 Å². The lowest BCUT2D eigenvalue weighted by atomic mass is 10.2. The van der Waals surface area contributed by atoms with E-state index in [2.05, 4.69) is 17.6 Å². The monoisotopic (exact) mass is 271 g/mol. The molecule has 2 rings (SSSR count). The largest absolute Gasteiger partial charge is 0.283 e. The Hall–Kier alpha value is -2.06. The molecule has 19 heavy (non-hydrogen) atoms. The van der Waals surface area contributed by atoms with Gasteiger partial charge in [0.15, 0.2) is 5.16 Å². The summed E-state index contributed by atoms with van der Waals surface area (Å²) in [7, 11) is 0. The fraction of sp³-hybridized carbons (Fsp3) is 0.214. The Morgan fingerprint density at radius 3 is 3.00 bits per heavy atom. The number of nitrogens with zero attached hydrogens (tertiary/aromatic N) is 3. The van der Waals surface area contributed by atoms with Crippen LogP contribution >= 0.6 is 11.8 Å². The van der Waals surface area contributed by atoms with Crippen LogP contribution < -0.4 is 5.56 Å². The van der Waals surface area contributed by atoms with Crippen molar-refractivity contribution < 1.29 is 0 Å². The van der Waals surface area contributed by atoms with E-state index >= 15 is 0 Å². The molecule has 1 heterocycles. The summed E-state index contributed by atoms with van der Waals surface area (Å²) in [6.07, 6.45) is 1.65. The predicted octanol–water partition coefficient (Wildman–Crippen LogP) is 2.59. The maximum atomic E-state index is 12.4. The number of benzene rings is 1. The van der Waals surface area contributed by atoms with Gasteiger partial charge in [-0.1, -0.05) is 30.0 Å². The van der Waals surface area contributed by atoms with Crippen molar-refractivity contribution in [3.05, 3.63) is 47.3 Å². The number of hydrogen-bond donors (Lipinski definition) is 0. The minimum atomic E-state index is -0.260. The second-order valence-electron chi connectivity index (χ2n) is 4.01. The van der Waals surface area contributed by atoms with Gasteiger partial charge in [-0.15, -0.1) is 6.58 Å². The molecule has 0 fully saturated rings. The van der Waals surface area contributed by atoms with E-state index in [1.807, 2.05) is 12.1 Å². The Labute approximate surface area is 115 Å². The summed E-state index contributed by atoms with van der Waals surface area (Å²) in [6.45, 7) is 5.82. The van der Waals surface area contributed by atoms with Crippen molar-refractivity contribution >= 4 is 22.7 Å². The van der Waals surface area contributed by atoms with Gasteiger partial charge in [-0.25, -0.2) is 4.98 Å². The number of thioether (sulfide) groups is 1. The maximum Gasteiger partial charge on any atom is 0.262 e. The van der Waals surface area contributed by atoms with Gasteiger partial charge in [0, 0.05) is 6.54 Å². The number of rotatable bonds is 4. The standard InChI is InChI=1S/C14H13N3OS/c1-3-8-17-13(18)11-6-4-5-7-12(11)16-14(17)19-10(2)9-15/h3-7,10H,1,8H2,2H3. The zero-order valence-electron chi connectivity index (χ0n) is 10.5. The molecule has 2 aromatic rings. The number of fused-ring (bicyclic) bond motifs is 1. The molecule has 0 aliphatic rings. The highest BCUT2D eigenvalue weighted by Crippen LogP contribution is 2.21. The summed E-state index contributed by atoms with van der Waals surface area (Å²) >= 11 is 1.28. The smallest absolute Gasteiger partial charge is 0.262 e. The molecule has 5 heteroatoms. The van der Waals surface area contributed by atoms with Gasteiger partial charge in [0.1, 0.15) is 0 Å². The molecule has 1 atom stereocenters. The van der Waals surface area contributed by atoms with E-state index in [4.69, 9.17) is 5.26 Å². The Kier molecular flexibility index (Phi) is 4.03. The summed E-state index contributed by atoms with van der Waals surface area (Å²) in [4.78, 5) is 16.9. The normalized spacial score (nSPS) is 12.0. The highest BCUT2D eigenvalue weighted by Gasteiger charge is 2.13. The van der Waals surface area contributed by atoms with Crippen LogP contribution in [0, 0.1) is 11.3 Å². The molecule has 1 aromatic heterocycles. The fourth-order valence-corrected chi connectivity index (χ4v) is 2.52. The predicted molar refractivity (Wildman–Crippen MR) is 77.1 cm³/mol. The van der Waals surface area contributed by atoms with Crippen LogP contribution in [0.5, 0.6) is 0 Å². The van der Waals surface area contributed by atoms with E-state index in [1.54, 1.807) is 29.7 Å². The third-order valence-corrected chi connectivity index (χ3v) is 3.58. The van der Waals surface area contributed by atoms with E-state index in [9.17, 15) is 4.79 Å². The van der Waals surface area contributed by atoms with Crippen LogP contribution in [0.25, 0.3) is 10.9 Å². The lowest BCUT2D eigenvalue weighted by Crippen LogP contribution is -2.23. The highest BCUT2D eigenvalue weighted by atomic mass is 32.2. The van der Waals surface area contributed by atoms with Crippen molar-refractivity contribution in [3.63, 3.8) is 0 Å². The highest BCUT2D eigenvalue weighted by molar-refractivity contribution is 8.00. The van der Waals surface area contributed by atoms with Gasteiger partial charge in [0.2, 0.25) is 0 Å². The van der Waals surface area contributed by atoms with Crippen LogP contribution in [0.2, 0.25) is 0 Å². The molecule has 0 N–H and O–H groups in total. The van der Waals surface area contributed by atoms with Crippen molar-refractivity contribution in [3.8, 4) is 6.07 Å². The summed E-state index contributed by atoms with van der Waals surface area (Å²) in [5.41, 5.74) is 0.554. The fourth-order valence-electron chi connectivity index (χ4n) is 1.71. The molecule has 0 aliphatic heterocycles. The molecule has 1 unspecified atom stereocenters. The first-order valence-electron chi connectivity index (χ1n) is 5.84. The summed E-state index contributed by atoms with van der Waals surface area (Å²) < 4.78 is 1.55. The van der Waals surface area contributed by atoms with E-state index in [1.165, 1.54) is 11.8 Å². The topological polar surface area (TPSA) is 58.7 Å². The lowest BCUT2D eigenvalue weighted by molar-refractivity contribution is 0.671. The Morgan fingerprint density at radius 1 is 1.58 bits per heavy atom. The molecule has 0 spiro atoms. The maximum absolute atomic E-state index is 12.4. The Bertz CT molecular complexity index is 715. The Balaban J connectivity index is 2.67. The van der Waals surface area contributed by atoms with E-state index in [-0.39, 0.29) is 10.8 Å². The van der Waals surface area contributed by atoms with Crippen LogP contribution in [-0.2, 0) is 6.54 Å². The van der Waals surface area contributed by atoms with Crippen LogP contribution in [0.3, 0.4) is 0 Å². The first kappa shape index (κ1) is 13.4. The van der Waals surface area contributed by atoms with Crippen molar-refractivity contribution in [2.45, 2.75) is 23.9 Å². The van der Waals surface area contributed by atoms with E-state index in [0.717, 1.165) is 0 Å². The van der Waals surface area contributed by atoms with Crippen LogP contribution in [0.15, 0.2) is 46.9 Å². The molecular weight excluding hydrogens is 258 g/mol. The molecule has 0 saturated heterocycles. The Morgan fingerprint density at radius 2 is 2.32 bits per heavy atom. The quantitative estimate of drug-likeness (QED) is 0.487. The average molecular weight is 271 g/mol. The summed E-state index contributed by atoms with van der Waals surface area (Å²) in [6, 6.07) is 9.35. The van der Waals surface area contributed by atoms with Crippen molar-refractivity contribution in [1.82, 2.24) is 9.55 Å². The van der Waals surface area contributed by atoms with E-state index in [0.29, 0.717) is 22.6 Å². The van der Waals surface area contributed by atoms with Gasteiger partial charge in [0.25, 0.3) is 5.56 Å². The van der Waals surface area contributed by atoms with Gasteiger partial charge in [-0.05, 0) is 19.1 Å². The molecule has 0 saturated carbocycles. The molecule has 0 radical (unpaired) electrons. The summed E-state index contributed by atoms with van der Waals surface area (Å²) in [5.74, 6) is 0. The molecule has 0 amide bonds. The SMILES string of the molecule is C=CCn1c(SC(C)C#N)nc2ccccc2c1=O. The molecule has 96 valence electrons. The molecule has 0 aliphatic carbocycles. The molecular formula is C14H13N3OS. The van der Waals surface area contributed by atoms with Gasteiger partial charge < -0.3 is 0 Å². The van der Waals surface area contributed by atoms with Crippen LogP contribution in [-0.4, -0.2) is 14.8 Å². The van der Waals surface area contributed by atoms with Gasteiger partial charge in [-0.2, -0.15) is 5.26 Å². The minimum absolute atomic E-state index is 0.0989. The number of nitriles is 1. The van der Waals surface area contributed by atoms with E-state index < -0.39 is 0 Å². The third-order valence-electron chi connectivity index (χ3n) is 2.60. The van der Waals surface area contributed by atoms with Gasteiger partial charge in [0.05, 0.1) is 22.2 Å². The number of aromatic nitrogens is 2. The zero-order valence-corrected chi connectivity index (χ0v) is 11.4. The van der Waals surface area contributed by atoms with Crippen LogP contribution in [0.1, 0.15) is 6.92 Å². The third kappa shape index (κ3) is 2.69. The lowest BCUT2D eigenvalue weighted by Gasteiger charge is -2.11. The van der Waals surface area contributed by atoms with Crippen LogP contribution in [0.4, 0.5) is 0 Å². The number of allylic oxidation sites excluding steroid dienone is 1. The molecule has 0 bridgehead atoms. The summed E-state index contributed by atoms with van der Waals surface area (Å²) in [5, 5.41) is 9.77. The molecule has 1 aromatic carbocycles. The molecule has 4 nitrogen and oxygen atoms in total. The number of hydrogen-bond acceptors (Lipinski definition) is 4.